The largest absolute Gasteiger partial charge is 0.496 e. The Kier molecular flexibility index (Phi) is 3.77. The van der Waals surface area contributed by atoms with Gasteiger partial charge in [-0.3, -0.25) is 0 Å². The maximum absolute atomic E-state index is 6.35. The first-order valence-electron chi connectivity index (χ1n) is 5.22. The highest BCUT2D eigenvalue weighted by Gasteiger charge is 2.24. The lowest BCUT2D eigenvalue weighted by Crippen LogP contribution is -2.03. The maximum atomic E-state index is 6.35. The standard InChI is InChI=1S/C12H14BrClO2/c1-7-5-10(15-2)8-3-4-16-6-9(14)11(8)12(7)13/h5,9H,3-4,6H2,1-2H3. The molecule has 0 aromatic heterocycles. The Morgan fingerprint density at radius 1 is 1.56 bits per heavy atom. The number of hydrogen-bond donors (Lipinski definition) is 0. The predicted octanol–water partition coefficient (Wildman–Crippen LogP) is 3.62. The molecule has 2 nitrogen and oxygen atoms in total. The van der Waals surface area contributed by atoms with E-state index in [-0.39, 0.29) is 5.38 Å². The highest BCUT2D eigenvalue weighted by Crippen LogP contribution is 2.40. The second-order valence-corrected chi connectivity index (χ2v) is 5.21. The summed E-state index contributed by atoms with van der Waals surface area (Å²) in [6.07, 6.45) is 0.848. The molecule has 4 heteroatoms. The Morgan fingerprint density at radius 2 is 2.31 bits per heavy atom. The van der Waals surface area contributed by atoms with Crippen molar-refractivity contribution in [3.05, 3.63) is 27.2 Å². The summed E-state index contributed by atoms with van der Waals surface area (Å²) in [6.45, 7) is 3.30. The quantitative estimate of drug-likeness (QED) is 0.738. The molecule has 1 aliphatic rings. The summed E-state index contributed by atoms with van der Waals surface area (Å²) in [4.78, 5) is 0. The number of aryl methyl sites for hydroxylation is 1. The molecule has 0 aliphatic carbocycles. The number of fused-ring (bicyclic) bond motifs is 1. The maximum Gasteiger partial charge on any atom is 0.122 e. The molecule has 0 fully saturated rings. The summed E-state index contributed by atoms with van der Waals surface area (Å²) in [6, 6.07) is 2.04. The van der Waals surface area contributed by atoms with Crippen molar-refractivity contribution in [2.24, 2.45) is 0 Å². The Morgan fingerprint density at radius 3 is 3.00 bits per heavy atom. The number of ether oxygens (including phenoxy) is 2. The Labute approximate surface area is 109 Å². The molecule has 0 spiro atoms. The number of hydrogen-bond acceptors (Lipinski definition) is 2. The van der Waals surface area contributed by atoms with Crippen LogP contribution in [-0.2, 0) is 11.2 Å². The molecule has 1 atom stereocenters. The fourth-order valence-corrected chi connectivity index (χ4v) is 3.13. The number of methoxy groups -OCH3 is 1. The average Bonchev–Trinajstić information content (AvgIpc) is 2.46. The van der Waals surface area contributed by atoms with Gasteiger partial charge in [-0.15, -0.1) is 11.6 Å². The van der Waals surface area contributed by atoms with Crippen LogP contribution in [0.5, 0.6) is 5.75 Å². The average molecular weight is 306 g/mol. The van der Waals surface area contributed by atoms with Crippen LogP contribution >= 0.6 is 27.5 Å². The molecule has 1 aromatic rings. The smallest absolute Gasteiger partial charge is 0.122 e. The summed E-state index contributed by atoms with van der Waals surface area (Å²) in [5, 5.41) is -0.110. The van der Waals surface area contributed by atoms with E-state index in [0.29, 0.717) is 13.2 Å². The molecule has 88 valence electrons. The van der Waals surface area contributed by atoms with Crippen molar-refractivity contribution < 1.29 is 9.47 Å². The molecule has 1 aromatic carbocycles. The molecule has 2 rings (SSSR count). The van der Waals surface area contributed by atoms with Crippen LogP contribution in [0.2, 0.25) is 0 Å². The Bertz CT molecular complexity index is 406. The Balaban J connectivity index is 2.63. The third-order valence-electron chi connectivity index (χ3n) is 2.85. The molecule has 0 radical (unpaired) electrons. The van der Waals surface area contributed by atoms with Gasteiger partial charge in [0.1, 0.15) is 5.75 Å². The number of alkyl halides is 1. The number of halogens is 2. The van der Waals surface area contributed by atoms with Crippen molar-refractivity contribution in [2.75, 3.05) is 20.3 Å². The van der Waals surface area contributed by atoms with Gasteiger partial charge in [0.05, 0.1) is 25.7 Å². The molecule has 1 aliphatic heterocycles. The van der Waals surface area contributed by atoms with E-state index in [0.717, 1.165) is 33.3 Å². The first-order valence-corrected chi connectivity index (χ1v) is 6.45. The first-order chi connectivity index (χ1) is 7.65. The van der Waals surface area contributed by atoms with E-state index in [1.807, 2.05) is 13.0 Å². The number of rotatable bonds is 1. The normalized spacial score (nSPS) is 20.1. The van der Waals surface area contributed by atoms with E-state index >= 15 is 0 Å². The molecule has 1 heterocycles. The highest BCUT2D eigenvalue weighted by atomic mass is 79.9. The zero-order valence-electron chi connectivity index (χ0n) is 9.35. The third kappa shape index (κ3) is 2.08. The van der Waals surface area contributed by atoms with Crippen molar-refractivity contribution in [3.63, 3.8) is 0 Å². The zero-order chi connectivity index (χ0) is 11.7. The van der Waals surface area contributed by atoms with Gasteiger partial charge in [0.15, 0.2) is 0 Å². The lowest BCUT2D eigenvalue weighted by molar-refractivity contribution is 0.143. The van der Waals surface area contributed by atoms with Gasteiger partial charge in [-0.2, -0.15) is 0 Å². The molecule has 16 heavy (non-hydrogen) atoms. The van der Waals surface area contributed by atoms with Gasteiger partial charge < -0.3 is 9.47 Å². The molecular weight excluding hydrogens is 291 g/mol. The van der Waals surface area contributed by atoms with E-state index in [4.69, 9.17) is 21.1 Å². The molecule has 0 saturated heterocycles. The summed E-state index contributed by atoms with van der Waals surface area (Å²) < 4.78 is 12.0. The van der Waals surface area contributed by atoms with Crippen molar-refractivity contribution in [1.82, 2.24) is 0 Å². The number of benzene rings is 1. The zero-order valence-corrected chi connectivity index (χ0v) is 11.7. The van der Waals surface area contributed by atoms with Crippen molar-refractivity contribution in [3.8, 4) is 5.75 Å². The van der Waals surface area contributed by atoms with Crippen LogP contribution in [0.15, 0.2) is 10.5 Å². The summed E-state index contributed by atoms with van der Waals surface area (Å²) in [7, 11) is 1.69. The molecule has 0 amide bonds. The van der Waals surface area contributed by atoms with Gasteiger partial charge >= 0.3 is 0 Å². The van der Waals surface area contributed by atoms with Gasteiger partial charge in [0, 0.05) is 10.0 Å². The first kappa shape index (κ1) is 12.2. The molecule has 0 N–H and O–H groups in total. The van der Waals surface area contributed by atoms with E-state index in [1.54, 1.807) is 7.11 Å². The van der Waals surface area contributed by atoms with Crippen molar-refractivity contribution in [2.45, 2.75) is 18.7 Å². The van der Waals surface area contributed by atoms with E-state index in [9.17, 15) is 0 Å². The van der Waals surface area contributed by atoms with Crippen LogP contribution < -0.4 is 4.74 Å². The Hall–Kier alpha value is -0.250. The third-order valence-corrected chi connectivity index (χ3v) is 4.24. The minimum Gasteiger partial charge on any atom is -0.496 e. The summed E-state index contributed by atoms with van der Waals surface area (Å²) >= 11 is 9.96. The van der Waals surface area contributed by atoms with E-state index < -0.39 is 0 Å². The molecule has 0 bridgehead atoms. The van der Waals surface area contributed by atoms with Crippen molar-refractivity contribution >= 4 is 27.5 Å². The van der Waals surface area contributed by atoms with Gasteiger partial charge in [-0.05, 0) is 30.5 Å². The van der Waals surface area contributed by atoms with E-state index in [1.165, 1.54) is 0 Å². The molecular formula is C12H14BrClO2. The van der Waals surface area contributed by atoms with Gasteiger partial charge in [-0.1, -0.05) is 15.9 Å². The molecule has 0 saturated carbocycles. The lowest BCUT2D eigenvalue weighted by atomic mass is 9.99. The van der Waals surface area contributed by atoms with Crippen LogP contribution in [0.3, 0.4) is 0 Å². The lowest BCUT2D eigenvalue weighted by Gasteiger charge is -2.17. The van der Waals surface area contributed by atoms with Crippen LogP contribution in [-0.4, -0.2) is 20.3 Å². The SMILES string of the molecule is COc1cc(C)c(Br)c2c1CCOCC2Cl. The summed E-state index contributed by atoms with van der Waals surface area (Å²) in [5.41, 5.74) is 3.43. The van der Waals surface area contributed by atoms with Crippen LogP contribution in [0.25, 0.3) is 0 Å². The van der Waals surface area contributed by atoms with Crippen LogP contribution in [0, 0.1) is 6.92 Å². The fraction of sp³-hybridized carbons (Fsp3) is 0.500. The topological polar surface area (TPSA) is 18.5 Å². The van der Waals surface area contributed by atoms with Gasteiger partial charge in [-0.25, -0.2) is 0 Å². The minimum absolute atomic E-state index is 0.110. The van der Waals surface area contributed by atoms with Gasteiger partial charge in [0.25, 0.3) is 0 Å². The molecule has 1 unspecified atom stereocenters. The second-order valence-electron chi connectivity index (χ2n) is 3.89. The second kappa shape index (κ2) is 4.94. The van der Waals surface area contributed by atoms with Crippen LogP contribution in [0.4, 0.5) is 0 Å². The van der Waals surface area contributed by atoms with Gasteiger partial charge in [0.2, 0.25) is 0 Å². The van der Waals surface area contributed by atoms with Crippen molar-refractivity contribution in [1.29, 1.82) is 0 Å². The monoisotopic (exact) mass is 304 g/mol. The van der Waals surface area contributed by atoms with Crippen LogP contribution in [0.1, 0.15) is 22.1 Å². The van der Waals surface area contributed by atoms with E-state index in [2.05, 4.69) is 15.9 Å². The summed E-state index contributed by atoms with van der Waals surface area (Å²) in [5.74, 6) is 0.909. The highest BCUT2D eigenvalue weighted by molar-refractivity contribution is 9.10. The minimum atomic E-state index is -0.110. The predicted molar refractivity (Wildman–Crippen MR) is 68.5 cm³/mol. The fourth-order valence-electron chi connectivity index (χ4n) is 2.04.